The summed E-state index contributed by atoms with van der Waals surface area (Å²) in [5.41, 5.74) is 3.61. The third-order valence-corrected chi connectivity index (χ3v) is 3.64. The van der Waals surface area contributed by atoms with Gasteiger partial charge in [-0.05, 0) is 30.2 Å². The highest BCUT2D eigenvalue weighted by Gasteiger charge is 2.28. The van der Waals surface area contributed by atoms with Gasteiger partial charge in [0.25, 0.3) is 0 Å². The van der Waals surface area contributed by atoms with E-state index >= 15 is 0 Å². The maximum absolute atomic E-state index is 11.4. The molecule has 1 heterocycles. The molecule has 0 saturated heterocycles. The van der Waals surface area contributed by atoms with Crippen molar-refractivity contribution in [3.8, 4) is 0 Å². The molecular weight excluding hydrogens is 254 g/mol. The molecule has 0 aliphatic carbocycles. The van der Waals surface area contributed by atoms with Crippen LogP contribution in [0.25, 0.3) is 0 Å². The third-order valence-electron chi connectivity index (χ3n) is 3.64. The van der Waals surface area contributed by atoms with Gasteiger partial charge in [0.15, 0.2) is 0 Å². The molecule has 3 rings (SSSR count). The van der Waals surface area contributed by atoms with Crippen LogP contribution in [0.15, 0.2) is 42.5 Å². The first-order valence-corrected chi connectivity index (χ1v) is 6.53. The van der Waals surface area contributed by atoms with E-state index in [0.717, 1.165) is 18.7 Å². The Morgan fingerprint density at radius 2 is 1.90 bits per heavy atom. The second-order valence-corrected chi connectivity index (χ2v) is 4.71. The molecule has 0 fully saturated rings. The Bertz CT molecular complexity index is 670. The number of rotatable bonds is 3. The molecule has 1 aliphatic heterocycles. The van der Waals surface area contributed by atoms with Gasteiger partial charge in [-0.3, -0.25) is 10.1 Å². The van der Waals surface area contributed by atoms with Crippen molar-refractivity contribution in [1.29, 1.82) is 0 Å². The molecule has 5 heteroatoms. The second-order valence-electron chi connectivity index (χ2n) is 4.71. The Morgan fingerprint density at radius 1 is 1.15 bits per heavy atom. The third kappa shape index (κ3) is 1.87. The minimum atomic E-state index is -0.317. The van der Waals surface area contributed by atoms with Gasteiger partial charge in [0.2, 0.25) is 0 Å². The zero-order valence-corrected chi connectivity index (χ0v) is 11.2. The maximum atomic E-state index is 11.4. The molecule has 5 nitrogen and oxygen atoms in total. The summed E-state index contributed by atoms with van der Waals surface area (Å²) >= 11 is 0. The summed E-state index contributed by atoms with van der Waals surface area (Å²) in [7, 11) is 1.70. The van der Waals surface area contributed by atoms with Crippen LogP contribution in [-0.4, -0.2) is 18.5 Å². The van der Waals surface area contributed by atoms with E-state index < -0.39 is 0 Å². The fraction of sp³-hybridized carbons (Fsp3) is 0.200. The molecule has 0 spiro atoms. The van der Waals surface area contributed by atoms with E-state index in [4.69, 9.17) is 0 Å². The molecule has 0 saturated carbocycles. The highest BCUT2D eigenvalue weighted by Crippen LogP contribution is 2.42. The number of nitro groups is 1. The number of nitro benzene ring substituents is 1. The Kier molecular flexibility index (Phi) is 3.02. The largest absolute Gasteiger partial charge is 0.382 e. The first-order valence-electron chi connectivity index (χ1n) is 6.53. The molecule has 0 amide bonds. The smallest absolute Gasteiger partial charge is 0.315 e. The fourth-order valence-electron chi connectivity index (χ4n) is 2.73. The van der Waals surface area contributed by atoms with Gasteiger partial charge in [-0.15, -0.1) is 0 Å². The minimum absolute atomic E-state index is 0.131. The number of nitrogens with zero attached hydrogens (tertiary/aromatic N) is 2. The van der Waals surface area contributed by atoms with Crippen LogP contribution in [-0.2, 0) is 6.42 Å². The molecule has 0 atom stereocenters. The summed E-state index contributed by atoms with van der Waals surface area (Å²) in [5.74, 6) is 0. The summed E-state index contributed by atoms with van der Waals surface area (Å²) < 4.78 is 0. The lowest BCUT2D eigenvalue weighted by Crippen LogP contribution is -2.15. The van der Waals surface area contributed by atoms with E-state index in [2.05, 4.69) is 11.4 Å². The number of fused-ring (bicyclic) bond motifs is 1. The van der Waals surface area contributed by atoms with Crippen molar-refractivity contribution < 1.29 is 4.92 Å². The van der Waals surface area contributed by atoms with E-state index in [9.17, 15) is 10.1 Å². The average Bonchev–Trinajstić information content (AvgIpc) is 2.90. The highest BCUT2D eigenvalue weighted by atomic mass is 16.6. The number of para-hydroxylation sites is 2. The van der Waals surface area contributed by atoms with Gasteiger partial charge in [0, 0.05) is 19.3 Å². The lowest BCUT2D eigenvalue weighted by atomic mass is 10.1. The summed E-state index contributed by atoms with van der Waals surface area (Å²) in [4.78, 5) is 13.1. The first-order chi connectivity index (χ1) is 9.72. The number of hydrogen-bond acceptors (Lipinski definition) is 4. The molecule has 0 radical (unpaired) electrons. The molecule has 0 bridgehead atoms. The van der Waals surface area contributed by atoms with Crippen molar-refractivity contribution >= 4 is 22.7 Å². The Hall–Kier alpha value is -2.56. The zero-order valence-electron chi connectivity index (χ0n) is 11.2. The molecular formula is C15H15N3O2. The summed E-state index contributed by atoms with van der Waals surface area (Å²) in [5, 5.41) is 14.3. The van der Waals surface area contributed by atoms with Crippen LogP contribution >= 0.6 is 0 Å². The summed E-state index contributed by atoms with van der Waals surface area (Å²) in [6.07, 6.45) is 0.914. The molecule has 0 unspecified atom stereocenters. The average molecular weight is 269 g/mol. The molecule has 1 aliphatic rings. The van der Waals surface area contributed by atoms with Gasteiger partial charge < -0.3 is 10.2 Å². The summed E-state index contributed by atoms with van der Waals surface area (Å²) in [6.45, 7) is 0.771. The van der Waals surface area contributed by atoms with Crippen LogP contribution in [0.1, 0.15) is 5.56 Å². The zero-order chi connectivity index (χ0) is 14.1. The van der Waals surface area contributed by atoms with Gasteiger partial charge >= 0.3 is 5.69 Å². The predicted octanol–water partition coefficient (Wildman–Crippen LogP) is 3.33. The van der Waals surface area contributed by atoms with E-state index in [-0.39, 0.29) is 10.6 Å². The van der Waals surface area contributed by atoms with Gasteiger partial charge in [-0.1, -0.05) is 24.3 Å². The van der Waals surface area contributed by atoms with Crippen LogP contribution in [0.2, 0.25) is 0 Å². The lowest BCUT2D eigenvalue weighted by molar-refractivity contribution is -0.383. The predicted molar refractivity (Wildman–Crippen MR) is 79.8 cm³/mol. The molecule has 102 valence electrons. The van der Waals surface area contributed by atoms with E-state index in [1.165, 1.54) is 5.56 Å². The van der Waals surface area contributed by atoms with E-state index in [1.807, 2.05) is 29.2 Å². The van der Waals surface area contributed by atoms with Crippen LogP contribution < -0.4 is 10.2 Å². The van der Waals surface area contributed by atoms with E-state index in [1.54, 1.807) is 19.2 Å². The SMILES string of the molecule is CNc1cccc(N2CCc3ccccc32)c1[N+](=O)[O-]. The molecule has 0 aromatic heterocycles. The van der Waals surface area contributed by atoms with Gasteiger partial charge in [-0.2, -0.15) is 0 Å². The van der Waals surface area contributed by atoms with Crippen LogP contribution in [0.3, 0.4) is 0 Å². The Morgan fingerprint density at radius 3 is 2.65 bits per heavy atom. The minimum Gasteiger partial charge on any atom is -0.382 e. The standard InChI is InChI=1S/C15H15N3O2/c1-16-12-6-4-8-14(15(12)18(19)20)17-10-9-11-5-2-3-7-13(11)17/h2-8,16H,9-10H2,1H3. The number of nitrogens with one attached hydrogen (secondary N) is 1. The van der Waals surface area contributed by atoms with Crippen molar-refractivity contribution in [2.75, 3.05) is 23.8 Å². The fourth-order valence-corrected chi connectivity index (χ4v) is 2.73. The maximum Gasteiger partial charge on any atom is 0.315 e. The van der Waals surface area contributed by atoms with Gasteiger partial charge in [0.1, 0.15) is 11.4 Å². The number of hydrogen-bond donors (Lipinski definition) is 1. The first kappa shape index (κ1) is 12.5. The summed E-state index contributed by atoms with van der Waals surface area (Å²) in [6, 6.07) is 13.4. The van der Waals surface area contributed by atoms with Crippen molar-refractivity contribution in [2.24, 2.45) is 0 Å². The normalized spacial score (nSPS) is 13.2. The van der Waals surface area contributed by atoms with Crippen LogP contribution in [0.5, 0.6) is 0 Å². The van der Waals surface area contributed by atoms with Crippen molar-refractivity contribution in [3.63, 3.8) is 0 Å². The Balaban J connectivity index is 2.15. The monoisotopic (exact) mass is 269 g/mol. The molecule has 2 aromatic rings. The van der Waals surface area contributed by atoms with Crippen LogP contribution in [0.4, 0.5) is 22.7 Å². The number of benzene rings is 2. The van der Waals surface area contributed by atoms with Crippen molar-refractivity contribution in [2.45, 2.75) is 6.42 Å². The Labute approximate surface area is 117 Å². The van der Waals surface area contributed by atoms with Gasteiger partial charge in [0.05, 0.1) is 4.92 Å². The lowest BCUT2D eigenvalue weighted by Gasteiger charge is -2.20. The van der Waals surface area contributed by atoms with E-state index in [0.29, 0.717) is 11.4 Å². The van der Waals surface area contributed by atoms with Crippen molar-refractivity contribution in [3.05, 3.63) is 58.1 Å². The molecule has 1 N–H and O–H groups in total. The van der Waals surface area contributed by atoms with Crippen LogP contribution in [0, 0.1) is 10.1 Å². The molecule has 20 heavy (non-hydrogen) atoms. The second kappa shape index (κ2) is 4.85. The van der Waals surface area contributed by atoms with Gasteiger partial charge in [-0.25, -0.2) is 0 Å². The van der Waals surface area contributed by atoms with Crippen molar-refractivity contribution in [1.82, 2.24) is 0 Å². The topological polar surface area (TPSA) is 58.4 Å². The quantitative estimate of drug-likeness (QED) is 0.686. The highest BCUT2D eigenvalue weighted by molar-refractivity contribution is 5.83. The molecule has 2 aromatic carbocycles. The number of anilines is 3.